The van der Waals surface area contributed by atoms with Gasteiger partial charge in [0.1, 0.15) is 18.5 Å². The number of nitrogens with one attached hydrogen (secondary N) is 1. The fourth-order valence-electron chi connectivity index (χ4n) is 1.70. The van der Waals surface area contributed by atoms with Crippen LogP contribution in [0, 0.1) is 0 Å². The van der Waals surface area contributed by atoms with Gasteiger partial charge in [-0.05, 0) is 24.2 Å². The van der Waals surface area contributed by atoms with Crippen molar-refractivity contribution in [3.63, 3.8) is 0 Å². The van der Waals surface area contributed by atoms with Crippen LogP contribution in [0.15, 0.2) is 24.3 Å². The SMILES string of the molecule is CCNCc1cccc(OCCOC2COC2)c1. The van der Waals surface area contributed by atoms with E-state index in [1.165, 1.54) is 5.56 Å². The van der Waals surface area contributed by atoms with Gasteiger partial charge in [-0.1, -0.05) is 19.1 Å². The van der Waals surface area contributed by atoms with Gasteiger partial charge in [0.15, 0.2) is 0 Å². The summed E-state index contributed by atoms with van der Waals surface area (Å²) in [4.78, 5) is 0. The standard InChI is InChI=1S/C14H21NO3/c1-2-15-9-12-4-3-5-13(8-12)17-6-7-18-14-10-16-11-14/h3-5,8,14-15H,2,6-7,9-11H2,1H3. The van der Waals surface area contributed by atoms with Crippen LogP contribution in [0.4, 0.5) is 0 Å². The van der Waals surface area contributed by atoms with Crippen LogP contribution in [0.1, 0.15) is 12.5 Å². The van der Waals surface area contributed by atoms with Gasteiger partial charge in [0.25, 0.3) is 0 Å². The molecule has 4 nitrogen and oxygen atoms in total. The van der Waals surface area contributed by atoms with Gasteiger partial charge in [0, 0.05) is 6.54 Å². The molecule has 0 saturated carbocycles. The highest BCUT2D eigenvalue weighted by Gasteiger charge is 2.18. The third kappa shape index (κ3) is 4.29. The largest absolute Gasteiger partial charge is 0.491 e. The van der Waals surface area contributed by atoms with Crippen LogP contribution in [0.3, 0.4) is 0 Å². The third-order valence-electron chi connectivity index (χ3n) is 2.79. The molecule has 4 heteroatoms. The van der Waals surface area contributed by atoms with E-state index in [1.807, 2.05) is 12.1 Å². The van der Waals surface area contributed by atoms with Crippen LogP contribution in [0.25, 0.3) is 0 Å². The predicted molar refractivity (Wildman–Crippen MR) is 69.9 cm³/mol. The van der Waals surface area contributed by atoms with Crippen molar-refractivity contribution >= 4 is 0 Å². The highest BCUT2D eigenvalue weighted by atomic mass is 16.6. The Morgan fingerprint density at radius 1 is 1.33 bits per heavy atom. The highest BCUT2D eigenvalue weighted by molar-refractivity contribution is 5.28. The normalized spacial score (nSPS) is 15.4. The molecule has 1 N–H and O–H groups in total. The molecule has 2 rings (SSSR count). The van der Waals surface area contributed by atoms with Crippen molar-refractivity contribution in [1.82, 2.24) is 5.32 Å². The molecule has 0 atom stereocenters. The van der Waals surface area contributed by atoms with Crippen molar-refractivity contribution in [3.05, 3.63) is 29.8 Å². The fraction of sp³-hybridized carbons (Fsp3) is 0.571. The van der Waals surface area contributed by atoms with Crippen LogP contribution in [0.5, 0.6) is 5.75 Å². The lowest BCUT2D eigenvalue weighted by molar-refractivity contribution is -0.132. The number of ether oxygens (including phenoxy) is 3. The molecular formula is C14H21NO3. The molecule has 1 fully saturated rings. The summed E-state index contributed by atoms with van der Waals surface area (Å²) >= 11 is 0. The summed E-state index contributed by atoms with van der Waals surface area (Å²) in [6.45, 7) is 6.59. The smallest absolute Gasteiger partial charge is 0.119 e. The second-order valence-corrected chi connectivity index (χ2v) is 4.31. The zero-order chi connectivity index (χ0) is 12.6. The van der Waals surface area contributed by atoms with Crippen molar-refractivity contribution in [2.24, 2.45) is 0 Å². The first-order chi connectivity index (χ1) is 8.88. The minimum Gasteiger partial charge on any atom is -0.491 e. The maximum atomic E-state index is 5.65. The average Bonchev–Trinajstić information content (AvgIpc) is 2.34. The molecule has 0 amide bonds. The summed E-state index contributed by atoms with van der Waals surface area (Å²) < 4.78 is 16.2. The summed E-state index contributed by atoms with van der Waals surface area (Å²) in [7, 11) is 0. The van der Waals surface area contributed by atoms with E-state index in [0.717, 1.165) is 32.1 Å². The summed E-state index contributed by atoms with van der Waals surface area (Å²) in [5.41, 5.74) is 1.24. The average molecular weight is 251 g/mol. The highest BCUT2D eigenvalue weighted by Crippen LogP contribution is 2.13. The Hall–Kier alpha value is -1.10. The molecule has 1 aliphatic heterocycles. The van der Waals surface area contributed by atoms with Gasteiger partial charge in [-0.2, -0.15) is 0 Å². The van der Waals surface area contributed by atoms with E-state index in [-0.39, 0.29) is 6.10 Å². The fourth-order valence-corrected chi connectivity index (χ4v) is 1.70. The molecule has 1 aromatic rings. The third-order valence-corrected chi connectivity index (χ3v) is 2.79. The van der Waals surface area contributed by atoms with Gasteiger partial charge in [-0.25, -0.2) is 0 Å². The van der Waals surface area contributed by atoms with E-state index in [4.69, 9.17) is 14.2 Å². The van der Waals surface area contributed by atoms with E-state index >= 15 is 0 Å². The monoisotopic (exact) mass is 251 g/mol. The Morgan fingerprint density at radius 2 is 2.22 bits per heavy atom. The molecule has 18 heavy (non-hydrogen) atoms. The van der Waals surface area contributed by atoms with Gasteiger partial charge in [-0.3, -0.25) is 0 Å². The molecule has 0 bridgehead atoms. The number of benzene rings is 1. The molecule has 1 saturated heterocycles. The van der Waals surface area contributed by atoms with E-state index in [0.29, 0.717) is 13.2 Å². The van der Waals surface area contributed by atoms with Crippen LogP contribution < -0.4 is 10.1 Å². The maximum Gasteiger partial charge on any atom is 0.119 e. The molecule has 1 heterocycles. The van der Waals surface area contributed by atoms with E-state index in [2.05, 4.69) is 24.4 Å². The van der Waals surface area contributed by atoms with Gasteiger partial charge in [0.2, 0.25) is 0 Å². The first kappa shape index (κ1) is 13.3. The minimum absolute atomic E-state index is 0.272. The molecule has 100 valence electrons. The van der Waals surface area contributed by atoms with Gasteiger partial charge in [-0.15, -0.1) is 0 Å². The second-order valence-electron chi connectivity index (χ2n) is 4.31. The first-order valence-electron chi connectivity index (χ1n) is 6.50. The van der Waals surface area contributed by atoms with Crippen molar-refractivity contribution in [2.75, 3.05) is 33.0 Å². The molecular weight excluding hydrogens is 230 g/mol. The molecule has 1 aromatic carbocycles. The summed E-state index contributed by atoms with van der Waals surface area (Å²) in [6, 6.07) is 8.15. The molecule has 0 aromatic heterocycles. The zero-order valence-electron chi connectivity index (χ0n) is 10.9. The number of hydrogen-bond acceptors (Lipinski definition) is 4. The number of rotatable bonds is 8. The van der Waals surface area contributed by atoms with E-state index in [9.17, 15) is 0 Å². The van der Waals surface area contributed by atoms with Gasteiger partial charge in [0.05, 0.1) is 19.8 Å². The first-order valence-corrected chi connectivity index (χ1v) is 6.50. The van der Waals surface area contributed by atoms with Gasteiger partial charge < -0.3 is 19.5 Å². The molecule has 0 unspecified atom stereocenters. The summed E-state index contributed by atoms with van der Waals surface area (Å²) in [5.74, 6) is 0.902. The van der Waals surface area contributed by atoms with Crippen LogP contribution >= 0.6 is 0 Å². The van der Waals surface area contributed by atoms with Crippen LogP contribution in [-0.2, 0) is 16.0 Å². The van der Waals surface area contributed by atoms with Crippen molar-refractivity contribution < 1.29 is 14.2 Å². The predicted octanol–water partition coefficient (Wildman–Crippen LogP) is 1.59. The minimum atomic E-state index is 0.272. The quantitative estimate of drug-likeness (QED) is 0.712. The van der Waals surface area contributed by atoms with Crippen LogP contribution in [-0.4, -0.2) is 39.1 Å². The molecule has 0 aliphatic carbocycles. The lowest BCUT2D eigenvalue weighted by Gasteiger charge is -2.25. The number of hydrogen-bond donors (Lipinski definition) is 1. The van der Waals surface area contributed by atoms with Crippen molar-refractivity contribution in [1.29, 1.82) is 0 Å². The Kier molecular flexibility index (Phi) is 5.45. The Labute approximate surface area is 108 Å². The Balaban J connectivity index is 1.67. The zero-order valence-corrected chi connectivity index (χ0v) is 10.9. The van der Waals surface area contributed by atoms with Crippen LogP contribution in [0.2, 0.25) is 0 Å². The maximum absolute atomic E-state index is 5.65. The van der Waals surface area contributed by atoms with E-state index < -0.39 is 0 Å². The topological polar surface area (TPSA) is 39.7 Å². The Bertz CT molecular complexity index is 353. The van der Waals surface area contributed by atoms with E-state index in [1.54, 1.807) is 0 Å². The Morgan fingerprint density at radius 3 is 2.94 bits per heavy atom. The molecule has 1 aliphatic rings. The lowest BCUT2D eigenvalue weighted by Crippen LogP contribution is -2.37. The van der Waals surface area contributed by atoms with Crippen molar-refractivity contribution in [2.45, 2.75) is 19.6 Å². The van der Waals surface area contributed by atoms with Gasteiger partial charge >= 0.3 is 0 Å². The summed E-state index contributed by atoms with van der Waals surface area (Å²) in [5, 5.41) is 3.30. The summed E-state index contributed by atoms with van der Waals surface area (Å²) in [6.07, 6.45) is 0.272. The second kappa shape index (κ2) is 7.36. The molecule has 0 radical (unpaired) electrons. The lowest BCUT2D eigenvalue weighted by atomic mass is 10.2. The van der Waals surface area contributed by atoms with Crippen molar-refractivity contribution in [3.8, 4) is 5.75 Å². The molecule has 0 spiro atoms.